The third kappa shape index (κ3) is 2.58. The van der Waals surface area contributed by atoms with E-state index in [-0.39, 0.29) is 37.2 Å². The second-order valence-electron chi connectivity index (χ2n) is 6.67. The molecule has 3 aliphatic rings. The average molecular weight is 364 g/mol. The highest BCUT2D eigenvalue weighted by atomic mass is 35.5. The summed E-state index contributed by atoms with van der Waals surface area (Å²) in [6.07, 6.45) is -0.379. The summed E-state index contributed by atoms with van der Waals surface area (Å²) in [5.74, 6) is -0.571. The highest BCUT2D eigenvalue weighted by molar-refractivity contribution is 6.33. The van der Waals surface area contributed by atoms with Crippen molar-refractivity contribution in [3.05, 3.63) is 34.9 Å². The van der Waals surface area contributed by atoms with Crippen LogP contribution in [-0.2, 0) is 9.59 Å². The Bertz CT molecular complexity index is 755. The Labute approximate surface area is 149 Å². The predicted molar refractivity (Wildman–Crippen MR) is 89.0 cm³/mol. The molecular formula is C17H18ClN3O4. The number of aliphatic hydroxyl groups is 1. The number of piperazine rings is 2. The van der Waals surface area contributed by atoms with E-state index in [1.165, 1.54) is 4.90 Å². The number of halogens is 1. The van der Waals surface area contributed by atoms with Crippen LogP contribution in [0.4, 0.5) is 0 Å². The topological polar surface area (TPSA) is 81.2 Å². The van der Waals surface area contributed by atoms with Gasteiger partial charge in [0.1, 0.15) is 12.1 Å². The molecule has 0 aromatic heterocycles. The van der Waals surface area contributed by atoms with Gasteiger partial charge in [-0.15, -0.1) is 0 Å². The monoisotopic (exact) mass is 363 g/mol. The molecule has 7 nitrogen and oxygen atoms in total. The molecule has 3 aliphatic heterocycles. The molecule has 1 N–H and O–H groups in total. The number of fused-ring (bicyclic) bond motifs is 2. The maximum atomic E-state index is 12.8. The lowest BCUT2D eigenvalue weighted by molar-refractivity contribution is -0.162. The van der Waals surface area contributed by atoms with E-state index in [1.807, 2.05) is 0 Å². The summed E-state index contributed by atoms with van der Waals surface area (Å²) in [4.78, 5) is 42.7. The van der Waals surface area contributed by atoms with E-state index in [1.54, 1.807) is 34.1 Å². The fraction of sp³-hybridized carbons (Fsp3) is 0.471. The predicted octanol–water partition coefficient (Wildman–Crippen LogP) is -0.0316. The minimum absolute atomic E-state index is 0.133. The minimum atomic E-state index is -0.686. The van der Waals surface area contributed by atoms with Gasteiger partial charge in [-0.25, -0.2) is 0 Å². The van der Waals surface area contributed by atoms with Crippen LogP contribution in [0.3, 0.4) is 0 Å². The van der Waals surface area contributed by atoms with Gasteiger partial charge in [-0.05, 0) is 12.1 Å². The molecule has 1 aromatic rings. The quantitative estimate of drug-likeness (QED) is 0.759. The molecule has 3 amide bonds. The fourth-order valence-corrected chi connectivity index (χ4v) is 4.14. The van der Waals surface area contributed by atoms with Crippen LogP contribution in [0.2, 0.25) is 5.02 Å². The number of hydrogen-bond donors (Lipinski definition) is 1. The number of rotatable bonds is 1. The zero-order valence-electron chi connectivity index (χ0n) is 13.5. The Balaban J connectivity index is 1.56. The Morgan fingerprint density at radius 2 is 1.76 bits per heavy atom. The van der Waals surface area contributed by atoms with E-state index in [4.69, 9.17) is 11.6 Å². The van der Waals surface area contributed by atoms with Crippen LogP contribution in [0.15, 0.2) is 24.3 Å². The second-order valence-corrected chi connectivity index (χ2v) is 7.08. The van der Waals surface area contributed by atoms with Gasteiger partial charge in [-0.2, -0.15) is 0 Å². The van der Waals surface area contributed by atoms with E-state index < -0.39 is 18.2 Å². The van der Waals surface area contributed by atoms with Gasteiger partial charge in [0.05, 0.1) is 23.2 Å². The van der Waals surface area contributed by atoms with Crippen molar-refractivity contribution < 1.29 is 19.5 Å². The molecule has 3 fully saturated rings. The first-order valence-corrected chi connectivity index (χ1v) is 8.68. The van der Waals surface area contributed by atoms with Gasteiger partial charge in [0, 0.05) is 26.1 Å². The molecular weight excluding hydrogens is 346 g/mol. The molecule has 25 heavy (non-hydrogen) atoms. The Morgan fingerprint density at radius 3 is 2.52 bits per heavy atom. The number of carbonyl (C=O) groups is 3. The first-order valence-electron chi connectivity index (χ1n) is 8.30. The maximum Gasteiger partial charge on any atom is 0.255 e. The largest absolute Gasteiger partial charge is 0.391 e. The Morgan fingerprint density at radius 1 is 1.04 bits per heavy atom. The summed E-state index contributed by atoms with van der Waals surface area (Å²) in [5.41, 5.74) is 0.390. The van der Waals surface area contributed by atoms with Crippen molar-refractivity contribution in [2.24, 2.45) is 0 Å². The van der Waals surface area contributed by atoms with E-state index in [0.717, 1.165) is 0 Å². The fourth-order valence-electron chi connectivity index (χ4n) is 3.92. The van der Waals surface area contributed by atoms with Crippen LogP contribution in [0.25, 0.3) is 0 Å². The minimum Gasteiger partial charge on any atom is -0.391 e. The second kappa shape index (κ2) is 6.00. The molecule has 0 bridgehead atoms. The lowest BCUT2D eigenvalue weighted by atomic mass is 10.0. The zero-order chi connectivity index (χ0) is 17.7. The van der Waals surface area contributed by atoms with Crippen LogP contribution in [0.1, 0.15) is 16.8 Å². The van der Waals surface area contributed by atoms with Crippen LogP contribution < -0.4 is 0 Å². The first-order chi connectivity index (χ1) is 12.0. The third-order valence-corrected chi connectivity index (χ3v) is 5.52. The maximum absolute atomic E-state index is 12.8. The molecule has 3 atom stereocenters. The number of benzene rings is 1. The van der Waals surface area contributed by atoms with Crippen molar-refractivity contribution >= 4 is 29.3 Å². The van der Waals surface area contributed by atoms with E-state index in [0.29, 0.717) is 23.7 Å². The smallest absolute Gasteiger partial charge is 0.255 e. The SMILES string of the molecule is O=C(c1ccccc1Cl)N1CCN2C(=O)[C@@H]3C[C@@H](O)CN3C(=O)[C@H]2C1. The molecule has 3 heterocycles. The Hall–Kier alpha value is -2.12. The van der Waals surface area contributed by atoms with Crippen molar-refractivity contribution in [2.45, 2.75) is 24.6 Å². The van der Waals surface area contributed by atoms with Gasteiger partial charge in [0.2, 0.25) is 11.8 Å². The standard InChI is InChI=1S/C17H18ClN3O4/c18-12-4-2-1-3-11(12)15(23)19-5-6-20-14(9-19)17(25)21-8-10(22)7-13(21)16(20)24/h1-4,10,13-14,22H,5-9H2/t10-,13+,14-/m1/s1. The van der Waals surface area contributed by atoms with Gasteiger partial charge in [0.25, 0.3) is 5.91 Å². The highest BCUT2D eigenvalue weighted by Gasteiger charge is 2.51. The van der Waals surface area contributed by atoms with Gasteiger partial charge in [0.15, 0.2) is 0 Å². The van der Waals surface area contributed by atoms with Crippen LogP contribution in [0.5, 0.6) is 0 Å². The average Bonchev–Trinajstić information content (AvgIpc) is 3.01. The Kier molecular flexibility index (Phi) is 3.92. The van der Waals surface area contributed by atoms with Crippen LogP contribution >= 0.6 is 11.6 Å². The lowest BCUT2D eigenvalue weighted by Gasteiger charge is -2.47. The molecule has 132 valence electrons. The van der Waals surface area contributed by atoms with E-state index in [2.05, 4.69) is 0 Å². The number of carbonyl (C=O) groups excluding carboxylic acids is 3. The number of nitrogens with zero attached hydrogens (tertiary/aromatic N) is 3. The molecule has 0 unspecified atom stereocenters. The number of amides is 3. The summed E-state index contributed by atoms with van der Waals surface area (Å²) >= 11 is 6.10. The van der Waals surface area contributed by atoms with Crippen molar-refractivity contribution in [1.29, 1.82) is 0 Å². The molecule has 1 aromatic carbocycles. The molecule has 0 spiro atoms. The summed E-state index contributed by atoms with van der Waals surface area (Å²) in [6, 6.07) is 5.53. The normalized spacial score (nSPS) is 28.9. The molecule has 0 radical (unpaired) electrons. The number of hydrogen-bond acceptors (Lipinski definition) is 4. The van der Waals surface area contributed by atoms with E-state index in [9.17, 15) is 19.5 Å². The summed E-state index contributed by atoms with van der Waals surface area (Å²) in [7, 11) is 0. The lowest BCUT2D eigenvalue weighted by Crippen LogP contribution is -2.69. The van der Waals surface area contributed by atoms with Crippen LogP contribution in [0, 0.1) is 0 Å². The van der Waals surface area contributed by atoms with Crippen molar-refractivity contribution in [1.82, 2.24) is 14.7 Å². The van der Waals surface area contributed by atoms with Gasteiger partial charge in [-0.3, -0.25) is 14.4 Å². The molecule has 4 rings (SSSR count). The number of aliphatic hydroxyl groups excluding tert-OH is 1. The molecule has 3 saturated heterocycles. The zero-order valence-corrected chi connectivity index (χ0v) is 14.2. The molecule has 8 heteroatoms. The first kappa shape index (κ1) is 16.4. The molecule has 0 saturated carbocycles. The summed E-state index contributed by atoms with van der Waals surface area (Å²) < 4.78 is 0. The highest BCUT2D eigenvalue weighted by Crippen LogP contribution is 2.29. The van der Waals surface area contributed by atoms with Crippen molar-refractivity contribution in [3.8, 4) is 0 Å². The third-order valence-electron chi connectivity index (χ3n) is 5.19. The van der Waals surface area contributed by atoms with Gasteiger partial charge >= 0.3 is 0 Å². The summed E-state index contributed by atoms with van der Waals surface area (Å²) in [6.45, 7) is 0.993. The molecule has 0 aliphatic carbocycles. The van der Waals surface area contributed by atoms with Gasteiger partial charge in [-0.1, -0.05) is 23.7 Å². The van der Waals surface area contributed by atoms with Crippen molar-refractivity contribution in [2.75, 3.05) is 26.2 Å². The van der Waals surface area contributed by atoms with Gasteiger partial charge < -0.3 is 19.8 Å². The van der Waals surface area contributed by atoms with Crippen LogP contribution in [-0.4, -0.2) is 81.9 Å². The van der Waals surface area contributed by atoms with Crippen molar-refractivity contribution in [3.63, 3.8) is 0 Å². The summed E-state index contributed by atoms with van der Waals surface area (Å²) in [5, 5.41) is 10.2. The van der Waals surface area contributed by atoms with E-state index >= 15 is 0 Å².